The van der Waals surface area contributed by atoms with E-state index in [-0.39, 0.29) is 0 Å². The Labute approximate surface area is 163 Å². The summed E-state index contributed by atoms with van der Waals surface area (Å²) in [6.45, 7) is 4.99. The third-order valence-corrected chi connectivity index (χ3v) is 4.58. The lowest BCUT2D eigenvalue weighted by molar-refractivity contribution is 0.146. The second-order valence-electron chi connectivity index (χ2n) is 6.23. The summed E-state index contributed by atoms with van der Waals surface area (Å²) in [6.07, 6.45) is 5.57. The average molecular weight is 375 g/mol. The maximum Gasteiger partial charge on any atom is 0.145 e. The summed E-state index contributed by atoms with van der Waals surface area (Å²) < 4.78 is 18.2. The fourth-order valence-corrected chi connectivity index (χ4v) is 3.20. The molecular weight excluding hydrogens is 354 g/mol. The van der Waals surface area contributed by atoms with Crippen molar-refractivity contribution in [1.29, 1.82) is 0 Å². The van der Waals surface area contributed by atoms with Crippen molar-refractivity contribution in [2.75, 3.05) is 27.4 Å². The van der Waals surface area contributed by atoms with E-state index in [0.717, 1.165) is 45.0 Å². The van der Waals surface area contributed by atoms with Crippen LogP contribution in [0, 0.1) is 0 Å². The third kappa shape index (κ3) is 3.18. The van der Waals surface area contributed by atoms with Gasteiger partial charge in [-0.25, -0.2) is 9.97 Å². The number of benzene rings is 1. The molecule has 0 aliphatic rings. The van der Waals surface area contributed by atoms with Crippen molar-refractivity contribution in [3.63, 3.8) is 0 Å². The topological polar surface area (TPSA) is 57.9 Å². The zero-order valence-electron chi connectivity index (χ0n) is 15.9. The Morgan fingerprint density at radius 1 is 1.14 bits per heavy atom. The number of pyridine rings is 2. The van der Waals surface area contributed by atoms with E-state index in [2.05, 4.69) is 11.6 Å². The molecule has 28 heavy (non-hydrogen) atoms. The van der Waals surface area contributed by atoms with Crippen LogP contribution >= 0.6 is 0 Å². The van der Waals surface area contributed by atoms with Crippen molar-refractivity contribution in [2.24, 2.45) is 0 Å². The molecule has 0 bridgehead atoms. The Kier molecular flexibility index (Phi) is 4.95. The molecule has 3 heterocycles. The Hall–Kier alpha value is -3.38. The molecule has 0 N–H and O–H groups in total. The van der Waals surface area contributed by atoms with Gasteiger partial charge in [-0.05, 0) is 23.8 Å². The number of hydrogen-bond donors (Lipinski definition) is 0. The first kappa shape index (κ1) is 18.0. The van der Waals surface area contributed by atoms with Crippen LogP contribution in [0.5, 0.6) is 11.5 Å². The molecule has 0 fully saturated rings. The minimum Gasteiger partial charge on any atom is -0.494 e. The highest BCUT2D eigenvalue weighted by molar-refractivity contribution is 5.93. The number of imidazole rings is 1. The molecule has 142 valence electrons. The van der Waals surface area contributed by atoms with Gasteiger partial charge < -0.3 is 14.2 Å². The van der Waals surface area contributed by atoms with Crippen LogP contribution in [0.1, 0.15) is 5.56 Å². The third-order valence-electron chi connectivity index (χ3n) is 4.58. The predicted octanol–water partition coefficient (Wildman–Crippen LogP) is 4.23. The summed E-state index contributed by atoms with van der Waals surface area (Å²) in [6, 6.07) is 11.7. The van der Waals surface area contributed by atoms with Gasteiger partial charge in [-0.1, -0.05) is 24.8 Å². The zero-order valence-corrected chi connectivity index (χ0v) is 15.9. The largest absolute Gasteiger partial charge is 0.494 e. The number of ether oxygens (including phenoxy) is 3. The number of methoxy groups -OCH3 is 2. The molecule has 0 saturated carbocycles. The van der Waals surface area contributed by atoms with Gasteiger partial charge in [0.25, 0.3) is 0 Å². The molecule has 0 saturated heterocycles. The van der Waals surface area contributed by atoms with E-state index in [9.17, 15) is 0 Å². The Morgan fingerprint density at radius 2 is 2.04 bits per heavy atom. The summed E-state index contributed by atoms with van der Waals surface area (Å²) >= 11 is 0. The molecule has 4 rings (SSSR count). The maximum atomic E-state index is 5.67. The summed E-state index contributed by atoms with van der Waals surface area (Å²) in [7, 11) is 3.30. The SMILES string of the molecule is C=Cc1cc(-c2cnc3cc(OCCOC)ccn23)nc2c(OC)cccc12. The molecule has 0 atom stereocenters. The number of fused-ring (bicyclic) bond motifs is 2. The van der Waals surface area contributed by atoms with Gasteiger partial charge >= 0.3 is 0 Å². The summed E-state index contributed by atoms with van der Waals surface area (Å²) in [5.74, 6) is 1.48. The zero-order chi connectivity index (χ0) is 19.5. The van der Waals surface area contributed by atoms with Gasteiger partial charge in [-0.15, -0.1) is 0 Å². The van der Waals surface area contributed by atoms with Crippen LogP contribution in [0.4, 0.5) is 0 Å². The van der Waals surface area contributed by atoms with Gasteiger partial charge in [0.2, 0.25) is 0 Å². The highest BCUT2D eigenvalue weighted by atomic mass is 16.5. The van der Waals surface area contributed by atoms with Gasteiger partial charge in [0, 0.05) is 24.8 Å². The lowest BCUT2D eigenvalue weighted by atomic mass is 10.1. The van der Waals surface area contributed by atoms with Crippen LogP contribution in [-0.4, -0.2) is 41.8 Å². The van der Waals surface area contributed by atoms with E-state index < -0.39 is 0 Å². The molecule has 4 aromatic rings. The molecule has 0 radical (unpaired) electrons. The number of aromatic nitrogens is 3. The lowest BCUT2D eigenvalue weighted by Gasteiger charge is -2.10. The first-order valence-corrected chi connectivity index (χ1v) is 8.94. The van der Waals surface area contributed by atoms with Crippen LogP contribution in [0.15, 0.2) is 55.4 Å². The van der Waals surface area contributed by atoms with E-state index in [1.165, 1.54) is 0 Å². The fourth-order valence-electron chi connectivity index (χ4n) is 3.20. The minimum atomic E-state index is 0.495. The summed E-state index contributed by atoms with van der Waals surface area (Å²) in [5.41, 5.74) is 4.26. The van der Waals surface area contributed by atoms with Gasteiger partial charge in [0.1, 0.15) is 29.3 Å². The molecule has 0 aliphatic heterocycles. The predicted molar refractivity (Wildman–Crippen MR) is 110 cm³/mol. The second-order valence-corrected chi connectivity index (χ2v) is 6.23. The van der Waals surface area contributed by atoms with Crippen molar-refractivity contribution in [3.05, 3.63) is 60.9 Å². The van der Waals surface area contributed by atoms with E-state index in [1.54, 1.807) is 14.2 Å². The quantitative estimate of drug-likeness (QED) is 0.453. The Bertz CT molecular complexity index is 1150. The standard InChI is InChI=1S/C22H21N3O3/c1-4-15-12-18(24-22-17(15)6-5-7-20(22)27-3)19-14-23-21-13-16(8-9-25(19)21)28-11-10-26-2/h4-9,12-14H,1,10-11H2,2-3H3. The maximum absolute atomic E-state index is 5.67. The van der Waals surface area contributed by atoms with Gasteiger partial charge in [-0.2, -0.15) is 0 Å². The highest BCUT2D eigenvalue weighted by Crippen LogP contribution is 2.31. The number of rotatable bonds is 7. The van der Waals surface area contributed by atoms with Crippen molar-refractivity contribution in [3.8, 4) is 22.9 Å². The summed E-state index contributed by atoms with van der Waals surface area (Å²) in [5, 5.41) is 1.00. The molecule has 6 nitrogen and oxygen atoms in total. The van der Waals surface area contributed by atoms with Crippen LogP contribution in [0.2, 0.25) is 0 Å². The molecule has 0 spiro atoms. The second kappa shape index (κ2) is 7.70. The van der Waals surface area contributed by atoms with Gasteiger partial charge in [-0.3, -0.25) is 4.40 Å². The molecule has 0 unspecified atom stereocenters. The van der Waals surface area contributed by atoms with E-state index in [0.29, 0.717) is 13.2 Å². The van der Waals surface area contributed by atoms with Gasteiger partial charge in [0.05, 0.1) is 31.3 Å². The van der Waals surface area contributed by atoms with Crippen molar-refractivity contribution in [1.82, 2.24) is 14.4 Å². The monoisotopic (exact) mass is 375 g/mol. The van der Waals surface area contributed by atoms with Crippen molar-refractivity contribution < 1.29 is 14.2 Å². The molecule has 0 aliphatic carbocycles. The molecule has 6 heteroatoms. The van der Waals surface area contributed by atoms with Crippen molar-refractivity contribution >= 4 is 22.6 Å². The first-order valence-electron chi connectivity index (χ1n) is 8.94. The van der Waals surface area contributed by atoms with E-state index in [1.807, 2.05) is 59.3 Å². The van der Waals surface area contributed by atoms with E-state index >= 15 is 0 Å². The van der Waals surface area contributed by atoms with Crippen LogP contribution in [-0.2, 0) is 4.74 Å². The van der Waals surface area contributed by atoms with Crippen LogP contribution in [0.25, 0.3) is 34.0 Å². The number of nitrogens with zero attached hydrogens (tertiary/aromatic N) is 3. The number of hydrogen-bond acceptors (Lipinski definition) is 5. The van der Waals surface area contributed by atoms with Crippen LogP contribution in [0.3, 0.4) is 0 Å². The van der Waals surface area contributed by atoms with Crippen LogP contribution < -0.4 is 9.47 Å². The molecule has 3 aromatic heterocycles. The van der Waals surface area contributed by atoms with Gasteiger partial charge in [0.15, 0.2) is 0 Å². The molecular formula is C22H21N3O3. The minimum absolute atomic E-state index is 0.495. The fraction of sp³-hybridized carbons (Fsp3) is 0.182. The number of para-hydroxylation sites is 1. The van der Waals surface area contributed by atoms with Crippen molar-refractivity contribution in [2.45, 2.75) is 0 Å². The molecule has 1 aromatic carbocycles. The highest BCUT2D eigenvalue weighted by Gasteiger charge is 2.13. The Balaban J connectivity index is 1.81. The summed E-state index contributed by atoms with van der Waals surface area (Å²) in [4.78, 5) is 9.37. The normalized spacial score (nSPS) is 11.1. The lowest BCUT2D eigenvalue weighted by Crippen LogP contribution is -2.04. The van der Waals surface area contributed by atoms with E-state index in [4.69, 9.17) is 19.2 Å². The average Bonchev–Trinajstić information content (AvgIpc) is 3.16. The first-order chi connectivity index (χ1) is 13.7. The smallest absolute Gasteiger partial charge is 0.145 e. The Morgan fingerprint density at radius 3 is 2.82 bits per heavy atom. The molecule has 0 amide bonds.